The van der Waals surface area contributed by atoms with Crippen molar-refractivity contribution in [3.8, 4) is 0 Å². The smallest absolute Gasteiger partial charge is 0.243 e. The molecule has 6 nitrogen and oxygen atoms in total. The summed E-state index contributed by atoms with van der Waals surface area (Å²) in [4.78, 5) is 6.28. The lowest BCUT2D eigenvalue weighted by Crippen LogP contribution is -2.43. The molecule has 102 valence electrons. The van der Waals surface area contributed by atoms with E-state index in [0.29, 0.717) is 19.0 Å². The van der Waals surface area contributed by atoms with E-state index in [-0.39, 0.29) is 0 Å². The van der Waals surface area contributed by atoms with Gasteiger partial charge in [0.1, 0.15) is 5.52 Å². The van der Waals surface area contributed by atoms with Gasteiger partial charge in [0.05, 0.1) is 11.1 Å². The van der Waals surface area contributed by atoms with E-state index in [1.807, 2.05) is 43.3 Å². The standard InChI is InChI=1S/C13H19N5O/c1-13(19,9-18(2)3)8-14-12-15-10-6-4-5-7-11(10)16-17-12/h4-7,19H,8-9H2,1-3H3,(H,14,15,17). The van der Waals surface area contributed by atoms with E-state index in [1.54, 1.807) is 6.92 Å². The quantitative estimate of drug-likeness (QED) is 0.827. The normalized spacial score (nSPS) is 14.6. The van der Waals surface area contributed by atoms with Crippen molar-refractivity contribution in [3.63, 3.8) is 0 Å². The second-order valence-electron chi connectivity index (χ2n) is 5.21. The van der Waals surface area contributed by atoms with Gasteiger partial charge in [-0.05, 0) is 33.2 Å². The minimum Gasteiger partial charge on any atom is -0.387 e. The Labute approximate surface area is 112 Å². The molecule has 6 heteroatoms. The third-order valence-electron chi connectivity index (χ3n) is 2.64. The summed E-state index contributed by atoms with van der Waals surface area (Å²) in [5.74, 6) is 0.428. The first-order valence-corrected chi connectivity index (χ1v) is 6.17. The first-order valence-electron chi connectivity index (χ1n) is 6.17. The molecule has 1 aromatic carbocycles. The molecule has 0 saturated heterocycles. The number of rotatable bonds is 5. The number of benzene rings is 1. The van der Waals surface area contributed by atoms with Crippen LogP contribution in [0.1, 0.15) is 6.92 Å². The van der Waals surface area contributed by atoms with Crippen LogP contribution in [0, 0.1) is 0 Å². The summed E-state index contributed by atoms with van der Waals surface area (Å²) in [7, 11) is 3.84. The highest BCUT2D eigenvalue weighted by Crippen LogP contribution is 2.10. The number of hydrogen-bond donors (Lipinski definition) is 2. The molecule has 0 amide bonds. The molecule has 0 spiro atoms. The number of nitrogens with zero attached hydrogens (tertiary/aromatic N) is 4. The average Bonchev–Trinajstić information content (AvgIpc) is 2.35. The van der Waals surface area contributed by atoms with Gasteiger partial charge in [-0.25, -0.2) is 4.98 Å². The van der Waals surface area contributed by atoms with Crippen LogP contribution in [-0.2, 0) is 0 Å². The lowest BCUT2D eigenvalue weighted by Gasteiger charge is -2.26. The van der Waals surface area contributed by atoms with Gasteiger partial charge in [0.15, 0.2) is 0 Å². The molecule has 0 radical (unpaired) electrons. The molecule has 0 bridgehead atoms. The van der Waals surface area contributed by atoms with Crippen molar-refractivity contribution < 1.29 is 5.11 Å². The minimum atomic E-state index is -0.849. The monoisotopic (exact) mass is 261 g/mol. The fourth-order valence-electron chi connectivity index (χ4n) is 1.96. The summed E-state index contributed by atoms with van der Waals surface area (Å²) in [6.45, 7) is 2.70. The Kier molecular flexibility index (Phi) is 3.92. The molecular weight excluding hydrogens is 242 g/mol. The Morgan fingerprint density at radius 1 is 1.21 bits per heavy atom. The SMILES string of the molecule is CN(C)CC(C)(O)CNc1nnc2ccccc2n1. The van der Waals surface area contributed by atoms with E-state index in [4.69, 9.17) is 0 Å². The van der Waals surface area contributed by atoms with Gasteiger partial charge < -0.3 is 15.3 Å². The van der Waals surface area contributed by atoms with Crippen molar-refractivity contribution >= 4 is 17.0 Å². The van der Waals surface area contributed by atoms with Crippen molar-refractivity contribution in [2.45, 2.75) is 12.5 Å². The molecule has 1 atom stereocenters. The number of aliphatic hydroxyl groups is 1. The van der Waals surface area contributed by atoms with Crippen molar-refractivity contribution in [2.24, 2.45) is 0 Å². The van der Waals surface area contributed by atoms with Crippen molar-refractivity contribution in [1.82, 2.24) is 20.1 Å². The predicted molar refractivity (Wildman–Crippen MR) is 75.0 cm³/mol. The van der Waals surface area contributed by atoms with E-state index in [1.165, 1.54) is 0 Å². The zero-order valence-electron chi connectivity index (χ0n) is 11.5. The van der Waals surface area contributed by atoms with Gasteiger partial charge in [-0.2, -0.15) is 0 Å². The number of para-hydroxylation sites is 1. The molecule has 0 saturated carbocycles. The maximum atomic E-state index is 10.2. The Balaban J connectivity index is 2.05. The van der Waals surface area contributed by atoms with Gasteiger partial charge in [-0.1, -0.05) is 12.1 Å². The highest BCUT2D eigenvalue weighted by Gasteiger charge is 2.21. The van der Waals surface area contributed by atoms with Crippen LogP contribution < -0.4 is 5.32 Å². The molecule has 1 unspecified atom stereocenters. The number of fused-ring (bicyclic) bond motifs is 1. The Hall–Kier alpha value is -1.79. The highest BCUT2D eigenvalue weighted by atomic mass is 16.3. The van der Waals surface area contributed by atoms with Crippen LogP contribution in [0.3, 0.4) is 0 Å². The van der Waals surface area contributed by atoms with E-state index >= 15 is 0 Å². The van der Waals surface area contributed by atoms with E-state index in [0.717, 1.165) is 11.0 Å². The fourth-order valence-corrected chi connectivity index (χ4v) is 1.96. The number of anilines is 1. The number of nitrogens with one attached hydrogen (secondary N) is 1. The van der Waals surface area contributed by atoms with Crippen LogP contribution in [0.5, 0.6) is 0 Å². The second-order valence-corrected chi connectivity index (χ2v) is 5.21. The van der Waals surface area contributed by atoms with Crippen LogP contribution in [0.25, 0.3) is 11.0 Å². The molecule has 0 fully saturated rings. The van der Waals surface area contributed by atoms with E-state index < -0.39 is 5.60 Å². The van der Waals surface area contributed by atoms with E-state index in [9.17, 15) is 5.11 Å². The van der Waals surface area contributed by atoms with Crippen LogP contribution in [0.15, 0.2) is 24.3 Å². The number of likely N-dealkylation sites (N-methyl/N-ethyl adjacent to an activating group) is 1. The minimum absolute atomic E-state index is 0.366. The van der Waals surface area contributed by atoms with E-state index in [2.05, 4.69) is 20.5 Å². The zero-order chi connectivity index (χ0) is 13.9. The lowest BCUT2D eigenvalue weighted by molar-refractivity contribution is 0.0458. The maximum absolute atomic E-state index is 10.2. The number of aromatic nitrogens is 3. The maximum Gasteiger partial charge on any atom is 0.243 e. The van der Waals surface area contributed by atoms with Gasteiger partial charge in [0.25, 0.3) is 0 Å². The summed E-state index contributed by atoms with van der Waals surface area (Å²) >= 11 is 0. The van der Waals surface area contributed by atoms with Crippen molar-refractivity contribution in [3.05, 3.63) is 24.3 Å². The zero-order valence-corrected chi connectivity index (χ0v) is 11.5. The third-order valence-corrected chi connectivity index (χ3v) is 2.64. The van der Waals surface area contributed by atoms with Gasteiger partial charge in [-0.3, -0.25) is 0 Å². The first kappa shape index (κ1) is 13.6. The number of hydrogen-bond acceptors (Lipinski definition) is 6. The molecule has 2 aromatic rings. The molecule has 0 aliphatic rings. The van der Waals surface area contributed by atoms with Crippen LogP contribution in [0.2, 0.25) is 0 Å². The van der Waals surface area contributed by atoms with Gasteiger partial charge in [-0.15, -0.1) is 10.2 Å². The topological polar surface area (TPSA) is 74.2 Å². The molecule has 0 aliphatic heterocycles. The summed E-state index contributed by atoms with van der Waals surface area (Å²) in [5, 5.41) is 21.3. The van der Waals surface area contributed by atoms with Gasteiger partial charge in [0, 0.05) is 13.1 Å². The molecule has 1 heterocycles. The summed E-state index contributed by atoms with van der Waals surface area (Å²) in [6, 6.07) is 7.55. The Morgan fingerprint density at radius 2 is 1.89 bits per heavy atom. The predicted octanol–water partition coefficient (Wildman–Crippen LogP) is 0.749. The molecular formula is C13H19N5O. The van der Waals surface area contributed by atoms with Crippen molar-refractivity contribution in [2.75, 3.05) is 32.5 Å². The van der Waals surface area contributed by atoms with Crippen LogP contribution >= 0.6 is 0 Å². The van der Waals surface area contributed by atoms with Crippen LogP contribution in [-0.4, -0.2) is 58.0 Å². The Morgan fingerprint density at radius 3 is 2.58 bits per heavy atom. The molecule has 2 rings (SSSR count). The summed E-state index contributed by atoms with van der Waals surface area (Å²) in [5.41, 5.74) is 0.693. The summed E-state index contributed by atoms with van der Waals surface area (Å²) in [6.07, 6.45) is 0. The largest absolute Gasteiger partial charge is 0.387 e. The molecule has 19 heavy (non-hydrogen) atoms. The molecule has 1 aromatic heterocycles. The first-order chi connectivity index (χ1) is 8.96. The third kappa shape index (κ3) is 3.84. The average molecular weight is 261 g/mol. The highest BCUT2D eigenvalue weighted by molar-refractivity contribution is 5.73. The molecule has 0 aliphatic carbocycles. The van der Waals surface area contributed by atoms with Crippen LogP contribution in [0.4, 0.5) is 5.95 Å². The lowest BCUT2D eigenvalue weighted by atomic mass is 10.1. The molecule has 2 N–H and O–H groups in total. The van der Waals surface area contributed by atoms with Gasteiger partial charge >= 0.3 is 0 Å². The van der Waals surface area contributed by atoms with Gasteiger partial charge in [0.2, 0.25) is 5.95 Å². The second kappa shape index (κ2) is 5.46. The fraction of sp³-hybridized carbons (Fsp3) is 0.462. The summed E-state index contributed by atoms with van der Waals surface area (Å²) < 4.78 is 0. The van der Waals surface area contributed by atoms with Crippen molar-refractivity contribution in [1.29, 1.82) is 0 Å². The Bertz CT molecular complexity index is 555.